The maximum absolute atomic E-state index is 12.1. The molecule has 2 unspecified atom stereocenters. The highest BCUT2D eigenvalue weighted by Gasteiger charge is 2.23. The van der Waals surface area contributed by atoms with Gasteiger partial charge in [0.2, 0.25) is 5.91 Å². The van der Waals surface area contributed by atoms with Gasteiger partial charge >= 0.3 is 0 Å². The normalized spacial score (nSPS) is 22.8. The molecule has 116 valence electrons. The number of hydrogen-bond donors (Lipinski definition) is 2. The van der Waals surface area contributed by atoms with Crippen molar-refractivity contribution in [1.82, 2.24) is 4.90 Å². The molecule has 0 bridgehead atoms. The number of piperidine rings is 1. The molecule has 0 radical (unpaired) electrons. The van der Waals surface area contributed by atoms with Gasteiger partial charge in [-0.2, -0.15) is 0 Å². The molecule has 5 nitrogen and oxygen atoms in total. The van der Waals surface area contributed by atoms with E-state index in [0.29, 0.717) is 19.1 Å². The number of nitrogens with one attached hydrogen (secondary N) is 1. The van der Waals surface area contributed by atoms with E-state index in [9.17, 15) is 4.79 Å². The molecule has 0 aromatic heterocycles. The molecule has 0 aliphatic carbocycles. The molecule has 3 N–H and O–H groups in total. The number of likely N-dealkylation sites (tertiary alicyclic amines) is 1. The van der Waals surface area contributed by atoms with Crippen molar-refractivity contribution in [2.75, 3.05) is 31.6 Å². The van der Waals surface area contributed by atoms with Crippen molar-refractivity contribution < 1.29 is 9.53 Å². The van der Waals surface area contributed by atoms with Crippen molar-refractivity contribution >= 4 is 11.6 Å². The van der Waals surface area contributed by atoms with Gasteiger partial charge in [-0.3, -0.25) is 9.69 Å². The first kappa shape index (κ1) is 15.8. The Morgan fingerprint density at radius 3 is 2.71 bits per heavy atom. The standard InChI is InChI=1S/C16H25N3O2/c1-3-21-15-6-4-14(5-7-15)18-16(20)11-19-9-12(2)8-13(17)10-19/h4-7,12-13H,3,8-11,17H2,1-2H3,(H,18,20). The summed E-state index contributed by atoms with van der Waals surface area (Å²) in [5, 5.41) is 2.91. The van der Waals surface area contributed by atoms with Crippen LogP contribution in [0.25, 0.3) is 0 Å². The number of nitrogens with two attached hydrogens (primary N) is 1. The van der Waals surface area contributed by atoms with Crippen LogP contribution in [0, 0.1) is 5.92 Å². The van der Waals surface area contributed by atoms with Gasteiger partial charge in [0.05, 0.1) is 13.2 Å². The minimum Gasteiger partial charge on any atom is -0.494 e. The van der Waals surface area contributed by atoms with Crippen LogP contribution in [0.3, 0.4) is 0 Å². The SMILES string of the molecule is CCOc1ccc(NC(=O)CN2CC(C)CC(N)C2)cc1. The van der Waals surface area contributed by atoms with Gasteiger partial charge in [0.1, 0.15) is 5.75 Å². The highest BCUT2D eigenvalue weighted by atomic mass is 16.5. The summed E-state index contributed by atoms with van der Waals surface area (Å²) in [6.07, 6.45) is 1.04. The summed E-state index contributed by atoms with van der Waals surface area (Å²) in [5.74, 6) is 1.36. The van der Waals surface area contributed by atoms with E-state index in [-0.39, 0.29) is 11.9 Å². The topological polar surface area (TPSA) is 67.6 Å². The monoisotopic (exact) mass is 291 g/mol. The number of benzene rings is 1. The van der Waals surface area contributed by atoms with Gasteiger partial charge in [-0.1, -0.05) is 6.92 Å². The van der Waals surface area contributed by atoms with Gasteiger partial charge in [0.25, 0.3) is 0 Å². The third-order valence-electron chi connectivity index (χ3n) is 3.58. The summed E-state index contributed by atoms with van der Waals surface area (Å²) < 4.78 is 5.38. The number of anilines is 1. The molecular formula is C16H25N3O2. The largest absolute Gasteiger partial charge is 0.494 e. The van der Waals surface area contributed by atoms with Crippen LogP contribution in [-0.4, -0.2) is 43.1 Å². The maximum Gasteiger partial charge on any atom is 0.238 e. The smallest absolute Gasteiger partial charge is 0.238 e. The molecule has 5 heteroatoms. The summed E-state index contributed by atoms with van der Waals surface area (Å²) in [5.41, 5.74) is 6.79. The molecule has 1 aliphatic rings. The molecule has 1 saturated heterocycles. The molecule has 1 amide bonds. The highest BCUT2D eigenvalue weighted by molar-refractivity contribution is 5.92. The molecule has 1 heterocycles. The van der Waals surface area contributed by atoms with Crippen molar-refractivity contribution in [3.8, 4) is 5.75 Å². The molecule has 2 atom stereocenters. The molecular weight excluding hydrogens is 266 g/mol. The van der Waals surface area contributed by atoms with E-state index in [1.54, 1.807) is 0 Å². The average Bonchev–Trinajstić information content (AvgIpc) is 2.40. The number of ether oxygens (including phenoxy) is 1. The Labute approximate surface area is 126 Å². The van der Waals surface area contributed by atoms with Crippen LogP contribution in [0.4, 0.5) is 5.69 Å². The van der Waals surface area contributed by atoms with Crippen molar-refractivity contribution in [3.05, 3.63) is 24.3 Å². The van der Waals surface area contributed by atoms with E-state index in [0.717, 1.165) is 30.9 Å². The van der Waals surface area contributed by atoms with Crippen molar-refractivity contribution in [3.63, 3.8) is 0 Å². The minimum absolute atomic E-state index is 0.000426. The Bertz CT molecular complexity index is 451. The molecule has 1 aliphatic heterocycles. The van der Waals surface area contributed by atoms with Gasteiger partial charge in [-0.15, -0.1) is 0 Å². The van der Waals surface area contributed by atoms with Crippen LogP contribution in [-0.2, 0) is 4.79 Å². The second-order valence-corrected chi connectivity index (χ2v) is 5.80. The lowest BCUT2D eigenvalue weighted by molar-refractivity contribution is -0.117. The maximum atomic E-state index is 12.1. The second kappa shape index (κ2) is 7.43. The average molecular weight is 291 g/mol. The number of nitrogens with zero attached hydrogens (tertiary/aromatic N) is 1. The van der Waals surface area contributed by atoms with E-state index < -0.39 is 0 Å². The minimum atomic E-state index is 0.000426. The number of carbonyl (C=O) groups excluding carboxylic acids is 1. The van der Waals surface area contributed by atoms with E-state index in [2.05, 4.69) is 17.1 Å². The van der Waals surface area contributed by atoms with Crippen LogP contribution in [0.2, 0.25) is 0 Å². The van der Waals surface area contributed by atoms with E-state index in [4.69, 9.17) is 10.5 Å². The fraction of sp³-hybridized carbons (Fsp3) is 0.562. The third-order valence-corrected chi connectivity index (χ3v) is 3.58. The van der Waals surface area contributed by atoms with Gasteiger partial charge in [-0.05, 0) is 43.5 Å². The zero-order valence-corrected chi connectivity index (χ0v) is 12.8. The van der Waals surface area contributed by atoms with Gasteiger partial charge in [-0.25, -0.2) is 0 Å². The summed E-state index contributed by atoms with van der Waals surface area (Å²) >= 11 is 0. The summed E-state index contributed by atoms with van der Waals surface area (Å²) in [6.45, 7) is 6.88. The number of hydrogen-bond acceptors (Lipinski definition) is 4. The lowest BCUT2D eigenvalue weighted by Crippen LogP contribution is -2.48. The number of rotatable bonds is 5. The Kier molecular flexibility index (Phi) is 5.59. The first-order valence-electron chi connectivity index (χ1n) is 7.57. The Morgan fingerprint density at radius 2 is 2.10 bits per heavy atom. The molecule has 1 fully saturated rings. The van der Waals surface area contributed by atoms with Gasteiger partial charge < -0.3 is 15.8 Å². The lowest BCUT2D eigenvalue weighted by Gasteiger charge is -2.34. The molecule has 1 aromatic rings. The van der Waals surface area contributed by atoms with Crippen LogP contribution in [0.1, 0.15) is 20.3 Å². The van der Waals surface area contributed by atoms with Crippen LogP contribution in [0.15, 0.2) is 24.3 Å². The first-order chi connectivity index (χ1) is 10.1. The molecule has 0 spiro atoms. The van der Waals surface area contributed by atoms with Crippen LogP contribution >= 0.6 is 0 Å². The molecule has 0 saturated carbocycles. The van der Waals surface area contributed by atoms with E-state index >= 15 is 0 Å². The second-order valence-electron chi connectivity index (χ2n) is 5.80. The Hall–Kier alpha value is -1.59. The predicted octanol–water partition coefficient (Wildman–Crippen LogP) is 1.69. The fourth-order valence-corrected chi connectivity index (χ4v) is 2.85. The molecule has 21 heavy (non-hydrogen) atoms. The van der Waals surface area contributed by atoms with Gasteiger partial charge in [0, 0.05) is 24.8 Å². The highest BCUT2D eigenvalue weighted by Crippen LogP contribution is 2.17. The first-order valence-corrected chi connectivity index (χ1v) is 7.57. The zero-order valence-electron chi connectivity index (χ0n) is 12.8. The third kappa shape index (κ3) is 5.02. The van der Waals surface area contributed by atoms with Crippen LogP contribution < -0.4 is 15.8 Å². The zero-order chi connectivity index (χ0) is 15.2. The Balaban J connectivity index is 1.83. The van der Waals surface area contributed by atoms with Crippen molar-refractivity contribution in [2.45, 2.75) is 26.3 Å². The predicted molar refractivity (Wildman–Crippen MR) is 84.4 cm³/mol. The molecule has 1 aromatic carbocycles. The van der Waals surface area contributed by atoms with Crippen LogP contribution in [0.5, 0.6) is 5.75 Å². The number of amides is 1. The summed E-state index contributed by atoms with van der Waals surface area (Å²) in [4.78, 5) is 14.2. The lowest BCUT2D eigenvalue weighted by atomic mass is 9.97. The van der Waals surface area contributed by atoms with E-state index in [1.807, 2.05) is 31.2 Å². The summed E-state index contributed by atoms with van der Waals surface area (Å²) in [6, 6.07) is 7.60. The number of carbonyl (C=O) groups is 1. The van der Waals surface area contributed by atoms with Crippen molar-refractivity contribution in [1.29, 1.82) is 0 Å². The van der Waals surface area contributed by atoms with Crippen molar-refractivity contribution in [2.24, 2.45) is 11.7 Å². The van der Waals surface area contributed by atoms with E-state index in [1.165, 1.54) is 0 Å². The fourth-order valence-electron chi connectivity index (χ4n) is 2.85. The summed E-state index contributed by atoms with van der Waals surface area (Å²) in [7, 11) is 0. The van der Waals surface area contributed by atoms with Gasteiger partial charge in [0.15, 0.2) is 0 Å². The quantitative estimate of drug-likeness (QED) is 0.866. The molecule has 2 rings (SSSR count). The Morgan fingerprint density at radius 1 is 1.38 bits per heavy atom.